The van der Waals surface area contributed by atoms with Gasteiger partial charge in [0.2, 0.25) is 5.91 Å². The number of hydrazone groups is 1. The number of hydrogen-bond donors (Lipinski definition) is 2. The first-order valence-electron chi connectivity index (χ1n) is 8.54. The lowest BCUT2D eigenvalue weighted by molar-refractivity contribution is -0.123. The number of nitrogens with one attached hydrogen (secondary N) is 2. The molecule has 3 rings (SSSR count). The molecule has 6 heteroatoms. The van der Waals surface area contributed by atoms with E-state index in [1.165, 1.54) is 0 Å². The lowest BCUT2D eigenvalue weighted by Gasteiger charge is -2.07. The van der Waals surface area contributed by atoms with Gasteiger partial charge in [-0.3, -0.25) is 9.59 Å². The van der Waals surface area contributed by atoms with E-state index in [-0.39, 0.29) is 24.3 Å². The molecule has 26 heavy (non-hydrogen) atoms. The molecule has 0 radical (unpaired) electrons. The van der Waals surface area contributed by atoms with E-state index in [0.29, 0.717) is 11.5 Å². The van der Waals surface area contributed by atoms with Crippen LogP contribution in [0, 0.1) is 5.92 Å². The van der Waals surface area contributed by atoms with Gasteiger partial charge < -0.3 is 10.1 Å². The van der Waals surface area contributed by atoms with Crippen LogP contribution in [0.15, 0.2) is 59.7 Å². The van der Waals surface area contributed by atoms with E-state index in [0.717, 1.165) is 24.1 Å². The molecule has 1 aliphatic carbocycles. The summed E-state index contributed by atoms with van der Waals surface area (Å²) in [5, 5.41) is 6.97. The van der Waals surface area contributed by atoms with Crippen LogP contribution in [0.3, 0.4) is 0 Å². The third kappa shape index (κ3) is 5.17. The van der Waals surface area contributed by atoms with Crippen molar-refractivity contribution in [3.05, 3.63) is 60.2 Å². The normalized spacial score (nSPS) is 13.8. The third-order valence-electron chi connectivity index (χ3n) is 3.98. The molecule has 2 aromatic rings. The quantitative estimate of drug-likeness (QED) is 0.594. The summed E-state index contributed by atoms with van der Waals surface area (Å²) in [6, 6.07) is 16.5. The number of rotatable bonds is 7. The summed E-state index contributed by atoms with van der Waals surface area (Å²) in [6.07, 6.45) is 1.95. The maximum absolute atomic E-state index is 11.8. The minimum atomic E-state index is -0.332. The van der Waals surface area contributed by atoms with Crippen molar-refractivity contribution in [3.63, 3.8) is 0 Å². The zero-order chi connectivity index (χ0) is 18.4. The second kappa shape index (κ2) is 8.29. The van der Waals surface area contributed by atoms with Crippen LogP contribution in [0.4, 0.5) is 5.69 Å². The first kappa shape index (κ1) is 17.7. The Balaban J connectivity index is 1.48. The van der Waals surface area contributed by atoms with Gasteiger partial charge in [-0.25, -0.2) is 5.43 Å². The zero-order valence-corrected chi connectivity index (χ0v) is 14.6. The molecule has 1 aliphatic rings. The largest absolute Gasteiger partial charge is 0.484 e. The summed E-state index contributed by atoms with van der Waals surface area (Å²) < 4.78 is 5.36. The van der Waals surface area contributed by atoms with Crippen LogP contribution in [0.5, 0.6) is 5.75 Å². The number of anilines is 1. The predicted octanol–water partition coefficient (Wildman–Crippen LogP) is 2.95. The third-order valence-corrected chi connectivity index (χ3v) is 3.98. The monoisotopic (exact) mass is 351 g/mol. The Morgan fingerprint density at radius 3 is 2.42 bits per heavy atom. The fraction of sp³-hybridized carbons (Fsp3) is 0.250. The summed E-state index contributed by atoms with van der Waals surface area (Å²) in [4.78, 5) is 23.5. The van der Waals surface area contributed by atoms with Gasteiger partial charge >= 0.3 is 0 Å². The van der Waals surface area contributed by atoms with Crippen molar-refractivity contribution in [2.75, 3.05) is 11.9 Å². The van der Waals surface area contributed by atoms with Gasteiger partial charge in [0.1, 0.15) is 5.75 Å². The first-order valence-corrected chi connectivity index (χ1v) is 8.54. The van der Waals surface area contributed by atoms with Crippen molar-refractivity contribution in [1.29, 1.82) is 0 Å². The smallest absolute Gasteiger partial charge is 0.277 e. The van der Waals surface area contributed by atoms with E-state index in [9.17, 15) is 9.59 Å². The number of nitrogens with zero attached hydrogens (tertiary/aromatic N) is 1. The summed E-state index contributed by atoms with van der Waals surface area (Å²) in [6.45, 7) is 1.70. The molecule has 0 aliphatic heterocycles. The van der Waals surface area contributed by atoms with Gasteiger partial charge in [0.05, 0.1) is 5.71 Å². The van der Waals surface area contributed by atoms with E-state index in [4.69, 9.17) is 4.74 Å². The molecule has 0 aromatic heterocycles. The van der Waals surface area contributed by atoms with Gasteiger partial charge in [-0.2, -0.15) is 5.10 Å². The van der Waals surface area contributed by atoms with Crippen molar-refractivity contribution in [1.82, 2.24) is 5.43 Å². The van der Waals surface area contributed by atoms with Gasteiger partial charge in [-0.1, -0.05) is 30.3 Å². The van der Waals surface area contributed by atoms with Crippen molar-refractivity contribution < 1.29 is 14.3 Å². The van der Waals surface area contributed by atoms with Gasteiger partial charge in [-0.05, 0) is 49.6 Å². The molecule has 2 aromatic carbocycles. The molecule has 0 heterocycles. The molecular weight excluding hydrogens is 330 g/mol. The molecule has 0 bridgehead atoms. The van der Waals surface area contributed by atoms with E-state index in [1.807, 2.05) is 42.5 Å². The molecule has 1 saturated carbocycles. The Kier molecular flexibility index (Phi) is 5.63. The average molecular weight is 351 g/mol. The number of hydrogen-bond acceptors (Lipinski definition) is 4. The van der Waals surface area contributed by atoms with Crippen LogP contribution in [0.2, 0.25) is 0 Å². The minimum Gasteiger partial charge on any atom is -0.484 e. The number of carbonyl (C=O) groups is 2. The van der Waals surface area contributed by atoms with Crippen LogP contribution < -0.4 is 15.5 Å². The number of amides is 2. The molecule has 2 amide bonds. The summed E-state index contributed by atoms with van der Waals surface area (Å²) >= 11 is 0. The number of ether oxygens (including phenoxy) is 1. The molecule has 1 fully saturated rings. The van der Waals surface area contributed by atoms with E-state index >= 15 is 0 Å². The van der Waals surface area contributed by atoms with Gasteiger partial charge in [-0.15, -0.1) is 0 Å². The number of benzene rings is 2. The molecule has 0 spiro atoms. The summed E-state index contributed by atoms with van der Waals surface area (Å²) in [7, 11) is 0. The van der Waals surface area contributed by atoms with Crippen LogP contribution in [0.25, 0.3) is 0 Å². The van der Waals surface area contributed by atoms with Crippen molar-refractivity contribution >= 4 is 23.2 Å². The van der Waals surface area contributed by atoms with E-state index < -0.39 is 0 Å². The van der Waals surface area contributed by atoms with E-state index in [2.05, 4.69) is 15.8 Å². The molecular formula is C20H21N3O3. The SMILES string of the molecule is CC(=NNC(=O)COc1ccccc1)c1ccc(NC(=O)C2CC2)cc1. The maximum atomic E-state index is 11.8. The highest BCUT2D eigenvalue weighted by Gasteiger charge is 2.29. The molecule has 6 nitrogen and oxygen atoms in total. The van der Waals surface area contributed by atoms with Crippen LogP contribution in [0.1, 0.15) is 25.3 Å². The van der Waals surface area contributed by atoms with E-state index in [1.54, 1.807) is 19.1 Å². The van der Waals surface area contributed by atoms with Gasteiger partial charge in [0, 0.05) is 11.6 Å². The molecule has 0 unspecified atom stereocenters. The van der Waals surface area contributed by atoms with Crippen LogP contribution in [-0.4, -0.2) is 24.1 Å². The fourth-order valence-corrected chi connectivity index (χ4v) is 2.29. The Morgan fingerprint density at radius 1 is 1.08 bits per heavy atom. The highest BCUT2D eigenvalue weighted by molar-refractivity contribution is 6.00. The van der Waals surface area contributed by atoms with Gasteiger partial charge in [0.25, 0.3) is 5.91 Å². The fourth-order valence-electron chi connectivity index (χ4n) is 2.29. The van der Waals surface area contributed by atoms with Crippen molar-refractivity contribution in [3.8, 4) is 5.75 Å². The van der Waals surface area contributed by atoms with Crippen molar-refractivity contribution in [2.45, 2.75) is 19.8 Å². The lowest BCUT2D eigenvalue weighted by atomic mass is 10.1. The van der Waals surface area contributed by atoms with Crippen molar-refractivity contribution in [2.24, 2.45) is 11.0 Å². The molecule has 134 valence electrons. The Bertz CT molecular complexity index is 797. The Labute approximate surface area is 152 Å². The summed E-state index contributed by atoms with van der Waals surface area (Å²) in [5.41, 5.74) is 4.76. The standard InChI is InChI=1S/C20H21N3O3/c1-14(22-23-19(24)13-26-18-5-3-2-4-6-18)15-9-11-17(12-10-15)21-20(25)16-7-8-16/h2-6,9-12,16H,7-8,13H2,1H3,(H,21,25)(H,23,24). The second-order valence-electron chi connectivity index (χ2n) is 6.17. The predicted molar refractivity (Wildman–Crippen MR) is 100 cm³/mol. The second-order valence-corrected chi connectivity index (χ2v) is 6.17. The van der Waals surface area contributed by atoms with Crippen LogP contribution >= 0.6 is 0 Å². The Hall–Kier alpha value is -3.15. The molecule has 2 N–H and O–H groups in total. The first-order chi connectivity index (χ1) is 12.6. The minimum absolute atomic E-state index is 0.0776. The molecule has 0 saturated heterocycles. The maximum Gasteiger partial charge on any atom is 0.277 e. The highest BCUT2D eigenvalue weighted by Crippen LogP contribution is 2.30. The number of carbonyl (C=O) groups excluding carboxylic acids is 2. The highest BCUT2D eigenvalue weighted by atomic mass is 16.5. The number of para-hydroxylation sites is 1. The van der Waals surface area contributed by atoms with Crippen LogP contribution in [-0.2, 0) is 9.59 Å². The zero-order valence-electron chi connectivity index (χ0n) is 14.6. The lowest BCUT2D eigenvalue weighted by Crippen LogP contribution is -2.25. The Morgan fingerprint density at radius 2 is 1.77 bits per heavy atom. The summed E-state index contributed by atoms with van der Waals surface area (Å²) in [5.74, 6) is 0.550. The topological polar surface area (TPSA) is 79.8 Å². The average Bonchev–Trinajstić information content (AvgIpc) is 3.51. The molecule has 0 atom stereocenters. The van der Waals surface area contributed by atoms with Gasteiger partial charge in [0.15, 0.2) is 6.61 Å².